The van der Waals surface area contributed by atoms with Gasteiger partial charge in [-0.1, -0.05) is 24.3 Å². The van der Waals surface area contributed by atoms with E-state index in [-0.39, 0.29) is 12.1 Å². The molecule has 0 saturated heterocycles. The van der Waals surface area contributed by atoms with Crippen molar-refractivity contribution in [1.29, 1.82) is 0 Å². The molecule has 5 nitrogen and oxygen atoms in total. The van der Waals surface area contributed by atoms with Crippen molar-refractivity contribution in [2.24, 2.45) is 0 Å². The number of aryl methyl sites for hydroxylation is 1. The fourth-order valence-electron chi connectivity index (χ4n) is 1.90. The molecular formula is C15H14FNO4S. The Kier molecular flexibility index (Phi) is 4.58. The Bertz CT molecular complexity index is 818. The van der Waals surface area contributed by atoms with Crippen molar-refractivity contribution in [3.05, 3.63) is 65.0 Å². The van der Waals surface area contributed by atoms with Crippen molar-refractivity contribution in [3.8, 4) is 0 Å². The lowest BCUT2D eigenvalue weighted by atomic mass is 10.1. The number of sulfonamides is 1. The number of hydrogen-bond acceptors (Lipinski definition) is 3. The summed E-state index contributed by atoms with van der Waals surface area (Å²) in [4.78, 5) is 10.2. The van der Waals surface area contributed by atoms with Gasteiger partial charge in [-0.2, -0.15) is 0 Å². The molecule has 2 aromatic carbocycles. The van der Waals surface area contributed by atoms with E-state index in [1.807, 2.05) is 19.1 Å². The van der Waals surface area contributed by atoms with Crippen LogP contribution in [0.1, 0.15) is 21.5 Å². The van der Waals surface area contributed by atoms with Gasteiger partial charge in [0.2, 0.25) is 10.0 Å². The average Bonchev–Trinajstić information content (AvgIpc) is 2.46. The number of carboxylic acid groups (broad SMARTS) is 1. The lowest BCUT2D eigenvalue weighted by Gasteiger charge is -2.10. The van der Waals surface area contributed by atoms with Gasteiger partial charge < -0.3 is 5.11 Å². The van der Waals surface area contributed by atoms with Gasteiger partial charge >= 0.3 is 5.97 Å². The third-order valence-electron chi connectivity index (χ3n) is 3.18. The molecule has 2 rings (SSSR count). The number of nitrogens with one attached hydrogen (secondary N) is 1. The van der Waals surface area contributed by atoms with Gasteiger partial charge in [0.15, 0.2) is 0 Å². The van der Waals surface area contributed by atoms with Gasteiger partial charge in [0.25, 0.3) is 0 Å². The zero-order chi connectivity index (χ0) is 16.3. The van der Waals surface area contributed by atoms with Crippen LogP contribution >= 0.6 is 0 Å². The van der Waals surface area contributed by atoms with Crippen molar-refractivity contribution >= 4 is 16.0 Å². The number of rotatable bonds is 5. The fraction of sp³-hybridized carbons (Fsp3) is 0.133. The number of halogens is 1. The molecule has 0 atom stereocenters. The predicted molar refractivity (Wildman–Crippen MR) is 78.6 cm³/mol. The topological polar surface area (TPSA) is 83.5 Å². The third kappa shape index (κ3) is 3.49. The molecule has 22 heavy (non-hydrogen) atoms. The molecule has 0 radical (unpaired) electrons. The van der Waals surface area contributed by atoms with Crippen molar-refractivity contribution in [1.82, 2.24) is 4.72 Å². The van der Waals surface area contributed by atoms with Gasteiger partial charge in [0.05, 0.1) is 5.56 Å². The molecule has 0 bridgehead atoms. The Morgan fingerprint density at radius 1 is 1.23 bits per heavy atom. The summed E-state index contributed by atoms with van der Waals surface area (Å²) in [6.45, 7) is 1.82. The predicted octanol–water partition coefficient (Wildman–Crippen LogP) is 2.31. The maximum Gasteiger partial charge on any atom is 0.335 e. The van der Waals surface area contributed by atoms with Crippen molar-refractivity contribution in [2.45, 2.75) is 18.4 Å². The van der Waals surface area contributed by atoms with E-state index in [1.54, 1.807) is 12.1 Å². The van der Waals surface area contributed by atoms with E-state index in [1.165, 1.54) is 0 Å². The highest BCUT2D eigenvalue weighted by Crippen LogP contribution is 2.17. The summed E-state index contributed by atoms with van der Waals surface area (Å²) in [6, 6.07) is 9.81. The minimum atomic E-state index is -4.15. The summed E-state index contributed by atoms with van der Waals surface area (Å²) in [5.74, 6) is -2.32. The van der Waals surface area contributed by atoms with Gasteiger partial charge in [-0.15, -0.1) is 0 Å². The first-order valence-electron chi connectivity index (χ1n) is 6.38. The van der Waals surface area contributed by atoms with E-state index >= 15 is 0 Å². The summed E-state index contributed by atoms with van der Waals surface area (Å²) >= 11 is 0. The molecule has 0 amide bonds. The second kappa shape index (κ2) is 6.25. The molecule has 7 heteroatoms. The first-order chi connectivity index (χ1) is 10.3. The number of hydrogen-bond donors (Lipinski definition) is 2. The first kappa shape index (κ1) is 16.1. The van der Waals surface area contributed by atoms with Gasteiger partial charge in [-0.05, 0) is 36.2 Å². The largest absolute Gasteiger partial charge is 0.478 e. The second-order valence-electron chi connectivity index (χ2n) is 4.70. The smallest absolute Gasteiger partial charge is 0.335 e. The van der Waals surface area contributed by atoms with Gasteiger partial charge in [0, 0.05) is 6.54 Å². The Morgan fingerprint density at radius 2 is 1.91 bits per heavy atom. The van der Waals surface area contributed by atoms with Crippen LogP contribution in [0.15, 0.2) is 47.4 Å². The highest BCUT2D eigenvalue weighted by molar-refractivity contribution is 7.89. The maximum absolute atomic E-state index is 13.7. The molecule has 0 saturated carbocycles. The van der Waals surface area contributed by atoms with Crippen LogP contribution in [0.3, 0.4) is 0 Å². The van der Waals surface area contributed by atoms with Crippen LogP contribution in [0.2, 0.25) is 0 Å². The van der Waals surface area contributed by atoms with Gasteiger partial charge in [-0.25, -0.2) is 22.3 Å². The normalized spacial score (nSPS) is 11.4. The van der Waals surface area contributed by atoms with Crippen molar-refractivity contribution in [3.63, 3.8) is 0 Å². The van der Waals surface area contributed by atoms with E-state index in [0.29, 0.717) is 0 Å². The number of benzene rings is 2. The van der Waals surface area contributed by atoms with E-state index < -0.39 is 26.7 Å². The van der Waals surface area contributed by atoms with Crippen molar-refractivity contribution in [2.75, 3.05) is 0 Å². The molecule has 0 aliphatic carbocycles. The Labute approximate surface area is 127 Å². The average molecular weight is 323 g/mol. The molecule has 0 aromatic heterocycles. The SMILES string of the molecule is Cc1ccccc1CNS(=O)(=O)c1cc(C(=O)O)ccc1F. The van der Waals surface area contributed by atoms with Crippen LogP contribution in [-0.2, 0) is 16.6 Å². The molecule has 0 fully saturated rings. The summed E-state index contributed by atoms with van der Waals surface area (Å²) in [7, 11) is -4.15. The maximum atomic E-state index is 13.7. The molecule has 0 heterocycles. The van der Waals surface area contributed by atoms with E-state index in [2.05, 4.69) is 4.72 Å². The Morgan fingerprint density at radius 3 is 2.55 bits per heavy atom. The van der Waals surface area contributed by atoms with Gasteiger partial charge in [-0.3, -0.25) is 0 Å². The van der Waals surface area contributed by atoms with Crippen LogP contribution in [0.4, 0.5) is 4.39 Å². The Balaban J connectivity index is 2.29. The van der Waals surface area contributed by atoms with Crippen LogP contribution < -0.4 is 4.72 Å². The highest BCUT2D eigenvalue weighted by atomic mass is 32.2. The molecule has 0 aliphatic rings. The number of carbonyl (C=O) groups is 1. The fourth-order valence-corrected chi connectivity index (χ4v) is 3.01. The van der Waals surface area contributed by atoms with E-state index in [9.17, 15) is 17.6 Å². The highest BCUT2D eigenvalue weighted by Gasteiger charge is 2.21. The number of carboxylic acids is 1. The zero-order valence-corrected chi connectivity index (χ0v) is 12.5. The van der Waals surface area contributed by atoms with Crippen molar-refractivity contribution < 1.29 is 22.7 Å². The van der Waals surface area contributed by atoms with Gasteiger partial charge in [0.1, 0.15) is 10.7 Å². The van der Waals surface area contributed by atoms with Crippen LogP contribution in [-0.4, -0.2) is 19.5 Å². The minimum absolute atomic E-state index is 0.00819. The molecular weight excluding hydrogens is 309 g/mol. The summed E-state index contributed by atoms with van der Waals surface area (Å²) in [5, 5.41) is 8.87. The molecule has 2 aromatic rings. The van der Waals surface area contributed by atoms with Crippen LogP contribution in [0, 0.1) is 12.7 Å². The van der Waals surface area contributed by atoms with E-state index in [4.69, 9.17) is 5.11 Å². The lowest BCUT2D eigenvalue weighted by Crippen LogP contribution is -2.25. The Hall–Kier alpha value is -2.25. The van der Waals surface area contributed by atoms with E-state index in [0.717, 1.165) is 29.3 Å². The standard InChI is InChI=1S/C15H14FNO4S/c1-10-4-2-3-5-12(10)9-17-22(20,21)14-8-11(15(18)19)6-7-13(14)16/h2-8,17H,9H2,1H3,(H,18,19). The summed E-state index contributed by atoms with van der Waals surface area (Å²) < 4.78 is 40.3. The van der Waals surface area contributed by atoms with Crippen LogP contribution in [0.25, 0.3) is 0 Å². The zero-order valence-electron chi connectivity index (χ0n) is 11.7. The summed E-state index contributed by atoms with van der Waals surface area (Å²) in [5.41, 5.74) is 1.35. The monoisotopic (exact) mass is 323 g/mol. The number of aromatic carboxylic acids is 1. The summed E-state index contributed by atoms with van der Waals surface area (Å²) in [6.07, 6.45) is 0. The molecule has 0 unspecified atom stereocenters. The quantitative estimate of drug-likeness (QED) is 0.884. The minimum Gasteiger partial charge on any atom is -0.478 e. The lowest BCUT2D eigenvalue weighted by molar-refractivity contribution is 0.0696. The third-order valence-corrected chi connectivity index (χ3v) is 4.60. The first-order valence-corrected chi connectivity index (χ1v) is 7.86. The molecule has 116 valence electrons. The molecule has 0 spiro atoms. The second-order valence-corrected chi connectivity index (χ2v) is 6.44. The van der Waals surface area contributed by atoms with Crippen LogP contribution in [0.5, 0.6) is 0 Å². The molecule has 2 N–H and O–H groups in total. The molecule has 0 aliphatic heterocycles.